The summed E-state index contributed by atoms with van der Waals surface area (Å²) in [6, 6.07) is 5.36. The number of hydrogen-bond donors (Lipinski definition) is 2. The first-order chi connectivity index (χ1) is 9.97. The smallest absolute Gasteiger partial charge is 0.303 e. The molecular weight excluding hydrogens is 313 g/mol. The van der Waals surface area contributed by atoms with Gasteiger partial charge in [0.15, 0.2) is 0 Å². The van der Waals surface area contributed by atoms with Crippen LogP contribution in [0.3, 0.4) is 0 Å². The van der Waals surface area contributed by atoms with Gasteiger partial charge in [0, 0.05) is 28.9 Å². The number of benzene rings is 1. The number of halogens is 2. The third-order valence-corrected chi connectivity index (χ3v) is 3.99. The SMILES string of the molecule is O=C(O)CCCCNC(=O)C1CC1c1cc(Cl)cc(Cl)c1. The summed E-state index contributed by atoms with van der Waals surface area (Å²) in [5.74, 6) is -0.632. The van der Waals surface area contributed by atoms with Crippen molar-refractivity contribution in [2.24, 2.45) is 5.92 Å². The number of carbonyl (C=O) groups excluding carboxylic acids is 1. The molecule has 1 aliphatic carbocycles. The molecular formula is C15H17Cl2NO3. The minimum Gasteiger partial charge on any atom is -0.481 e. The highest BCUT2D eigenvalue weighted by atomic mass is 35.5. The van der Waals surface area contributed by atoms with Crippen LogP contribution in [-0.4, -0.2) is 23.5 Å². The molecule has 2 rings (SSSR count). The summed E-state index contributed by atoms with van der Waals surface area (Å²) >= 11 is 11.9. The van der Waals surface area contributed by atoms with Crippen molar-refractivity contribution < 1.29 is 14.7 Å². The highest BCUT2D eigenvalue weighted by Crippen LogP contribution is 2.48. The monoisotopic (exact) mass is 329 g/mol. The molecule has 0 radical (unpaired) electrons. The van der Waals surface area contributed by atoms with E-state index in [1.165, 1.54) is 0 Å². The fourth-order valence-corrected chi connectivity index (χ4v) is 2.93. The van der Waals surface area contributed by atoms with Gasteiger partial charge in [0.1, 0.15) is 0 Å². The number of nitrogens with one attached hydrogen (secondary N) is 1. The van der Waals surface area contributed by atoms with Gasteiger partial charge in [-0.05, 0) is 48.9 Å². The molecule has 1 aliphatic rings. The second-order valence-corrected chi connectivity index (χ2v) is 6.17. The van der Waals surface area contributed by atoms with Gasteiger partial charge in [0.25, 0.3) is 0 Å². The van der Waals surface area contributed by atoms with E-state index >= 15 is 0 Å². The first-order valence-corrected chi connectivity index (χ1v) is 7.68. The molecule has 2 unspecified atom stereocenters. The molecule has 21 heavy (non-hydrogen) atoms. The molecule has 2 N–H and O–H groups in total. The Hall–Kier alpha value is -1.26. The second kappa shape index (κ2) is 7.14. The van der Waals surface area contributed by atoms with E-state index in [2.05, 4.69) is 5.32 Å². The predicted molar refractivity (Wildman–Crippen MR) is 81.8 cm³/mol. The van der Waals surface area contributed by atoms with Gasteiger partial charge >= 0.3 is 5.97 Å². The number of amides is 1. The summed E-state index contributed by atoms with van der Waals surface area (Å²) in [7, 11) is 0. The molecule has 0 bridgehead atoms. The van der Waals surface area contributed by atoms with Crippen molar-refractivity contribution >= 4 is 35.1 Å². The third-order valence-electron chi connectivity index (χ3n) is 3.56. The average molecular weight is 330 g/mol. The van der Waals surface area contributed by atoms with Gasteiger partial charge in [-0.25, -0.2) is 0 Å². The van der Waals surface area contributed by atoms with Crippen LogP contribution in [0.25, 0.3) is 0 Å². The van der Waals surface area contributed by atoms with E-state index in [0.717, 1.165) is 12.0 Å². The van der Waals surface area contributed by atoms with Gasteiger partial charge in [0.05, 0.1) is 0 Å². The Morgan fingerprint density at radius 1 is 1.19 bits per heavy atom. The van der Waals surface area contributed by atoms with Crippen LogP contribution in [0.15, 0.2) is 18.2 Å². The maximum Gasteiger partial charge on any atom is 0.303 e. The Morgan fingerprint density at radius 3 is 2.48 bits per heavy atom. The van der Waals surface area contributed by atoms with Gasteiger partial charge < -0.3 is 10.4 Å². The Bertz CT molecular complexity index is 527. The van der Waals surface area contributed by atoms with Gasteiger partial charge in [-0.3, -0.25) is 9.59 Å². The van der Waals surface area contributed by atoms with E-state index in [-0.39, 0.29) is 24.2 Å². The fraction of sp³-hybridized carbons (Fsp3) is 0.467. The molecule has 1 saturated carbocycles. The lowest BCUT2D eigenvalue weighted by Crippen LogP contribution is -2.26. The van der Waals surface area contributed by atoms with Crippen LogP contribution in [0, 0.1) is 5.92 Å². The Labute approximate surface area is 133 Å². The summed E-state index contributed by atoms with van der Waals surface area (Å²) in [5, 5.41) is 12.5. The van der Waals surface area contributed by atoms with Gasteiger partial charge in [-0.15, -0.1) is 0 Å². The molecule has 0 spiro atoms. The zero-order valence-corrected chi connectivity index (χ0v) is 13.0. The Morgan fingerprint density at radius 2 is 1.86 bits per heavy atom. The normalized spacial score (nSPS) is 20.1. The van der Waals surface area contributed by atoms with Crippen LogP contribution < -0.4 is 5.32 Å². The van der Waals surface area contributed by atoms with E-state index < -0.39 is 5.97 Å². The zero-order valence-electron chi connectivity index (χ0n) is 11.4. The predicted octanol–water partition coefficient (Wildman–Crippen LogP) is 3.47. The van der Waals surface area contributed by atoms with Crippen molar-refractivity contribution in [3.8, 4) is 0 Å². The quantitative estimate of drug-likeness (QED) is 0.753. The zero-order chi connectivity index (χ0) is 15.4. The summed E-state index contributed by atoms with van der Waals surface area (Å²) in [5.41, 5.74) is 0.999. The molecule has 4 nitrogen and oxygen atoms in total. The van der Waals surface area contributed by atoms with E-state index in [9.17, 15) is 9.59 Å². The van der Waals surface area contributed by atoms with Gasteiger partial charge in [-0.1, -0.05) is 23.2 Å². The molecule has 6 heteroatoms. The summed E-state index contributed by atoms with van der Waals surface area (Å²) in [4.78, 5) is 22.3. The van der Waals surface area contributed by atoms with Crippen LogP contribution in [0.5, 0.6) is 0 Å². The number of carboxylic acids is 1. The van der Waals surface area contributed by atoms with Gasteiger partial charge in [-0.2, -0.15) is 0 Å². The highest BCUT2D eigenvalue weighted by Gasteiger charge is 2.43. The molecule has 1 amide bonds. The van der Waals surface area contributed by atoms with Crippen LogP contribution in [0.4, 0.5) is 0 Å². The number of aliphatic carboxylic acids is 1. The van der Waals surface area contributed by atoms with Crippen LogP contribution in [-0.2, 0) is 9.59 Å². The molecule has 0 heterocycles. The molecule has 2 atom stereocenters. The maximum atomic E-state index is 12.0. The topological polar surface area (TPSA) is 66.4 Å². The summed E-state index contributed by atoms with van der Waals surface area (Å²) in [6.07, 6.45) is 2.20. The first-order valence-electron chi connectivity index (χ1n) is 6.93. The second-order valence-electron chi connectivity index (χ2n) is 5.29. The largest absolute Gasteiger partial charge is 0.481 e. The van der Waals surface area contributed by atoms with Crippen LogP contribution >= 0.6 is 23.2 Å². The average Bonchev–Trinajstić information content (AvgIpc) is 3.16. The van der Waals surface area contributed by atoms with E-state index in [0.29, 0.717) is 29.4 Å². The maximum absolute atomic E-state index is 12.0. The van der Waals surface area contributed by atoms with E-state index in [1.807, 2.05) is 12.1 Å². The van der Waals surface area contributed by atoms with Crippen molar-refractivity contribution in [3.05, 3.63) is 33.8 Å². The van der Waals surface area contributed by atoms with Crippen molar-refractivity contribution in [2.45, 2.75) is 31.6 Å². The van der Waals surface area contributed by atoms with Crippen LogP contribution in [0.1, 0.15) is 37.2 Å². The van der Waals surface area contributed by atoms with Crippen LogP contribution in [0.2, 0.25) is 10.0 Å². The third kappa shape index (κ3) is 4.90. The Balaban J connectivity index is 1.75. The van der Waals surface area contributed by atoms with Gasteiger partial charge in [0.2, 0.25) is 5.91 Å². The minimum atomic E-state index is -0.804. The number of carboxylic acid groups (broad SMARTS) is 1. The minimum absolute atomic E-state index is 0.0198. The number of unbranched alkanes of at least 4 members (excludes halogenated alkanes) is 1. The lowest BCUT2D eigenvalue weighted by molar-refractivity contribution is -0.137. The lowest BCUT2D eigenvalue weighted by atomic mass is 10.1. The highest BCUT2D eigenvalue weighted by molar-refractivity contribution is 6.34. The van der Waals surface area contributed by atoms with Crippen molar-refractivity contribution in [3.63, 3.8) is 0 Å². The Kier molecular flexibility index (Phi) is 5.48. The van der Waals surface area contributed by atoms with E-state index in [1.54, 1.807) is 6.07 Å². The number of rotatable bonds is 7. The molecule has 1 aromatic rings. The summed E-state index contributed by atoms with van der Waals surface area (Å²) in [6.45, 7) is 0.519. The molecule has 0 aliphatic heterocycles. The van der Waals surface area contributed by atoms with E-state index in [4.69, 9.17) is 28.3 Å². The molecule has 1 aromatic carbocycles. The summed E-state index contributed by atoms with van der Waals surface area (Å²) < 4.78 is 0. The number of hydrogen-bond acceptors (Lipinski definition) is 2. The van der Waals surface area contributed by atoms with Crippen molar-refractivity contribution in [2.75, 3.05) is 6.54 Å². The van der Waals surface area contributed by atoms with Crippen molar-refractivity contribution in [1.29, 1.82) is 0 Å². The lowest BCUT2D eigenvalue weighted by Gasteiger charge is -2.05. The molecule has 114 valence electrons. The molecule has 1 fully saturated rings. The first kappa shape index (κ1) is 16.1. The van der Waals surface area contributed by atoms with Crippen molar-refractivity contribution in [1.82, 2.24) is 5.32 Å². The fourth-order valence-electron chi connectivity index (χ4n) is 2.39. The molecule has 0 saturated heterocycles. The molecule has 0 aromatic heterocycles. The number of carbonyl (C=O) groups is 2. The standard InChI is InChI=1S/C15H17Cl2NO3/c16-10-5-9(6-11(17)7-10)12-8-13(12)15(21)18-4-2-1-3-14(19)20/h5-7,12-13H,1-4,8H2,(H,18,21)(H,19,20).